The van der Waals surface area contributed by atoms with Crippen molar-refractivity contribution in [2.45, 2.75) is 31.5 Å². The van der Waals surface area contributed by atoms with Crippen molar-refractivity contribution in [3.63, 3.8) is 0 Å². The molecule has 2 heterocycles. The number of thioether (sulfide) groups is 1. The molecule has 0 radical (unpaired) electrons. The molecule has 2 aromatic heterocycles. The number of nitrogens with one attached hydrogen (secondary N) is 1. The molecular weight excluding hydrogens is 470 g/mol. The Morgan fingerprint density at radius 3 is 2.85 bits per heavy atom. The number of benzene rings is 1. The number of thiazole rings is 1. The quantitative estimate of drug-likeness (QED) is 0.186. The third-order valence-electron chi connectivity index (χ3n) is 4.40. The van der Waals surface area contributed by atoms with Crippen LogP contribution in [0.1, 0.15) is 26.3 Å². The number of ether oxygens (including phenoxy) is 1. The van der Waals surface area contributed by atoms with Crippen molar-refractivity contribution in [1.82, 2.24) is 19.7 Å². The lowest BCUT2D eigenvalue weighted by Crippen LogP contribution is -2.27. The van der Waals surface area contributed by atoms with Crippen LogP contribution in [-0.2, 0) is 14.3 Å². The van der Waals surface area contributed by atoms with E-state index in [1.165, 1.54) is 28.0 Å². The summed E-state index contributed by atoms with van der Waals surface area (Å²) < 4.78 is 6.38. The number of aromatic nitrogens is 4. The first kappa shape index (κ1) is 24.1. The van der Waals surface area contributed by atoms with Crippen molar-refractivity contribution in [2.24, 2.45) is 0 Å². The van der Waals surface area contributed by atoms with Crippen molar-refractivity contribution >= 4 is 51.7 Å². The van der Waals surface area contributed by atoms with E-state index in [9.17, 15) is 19.7 Å². The Balaban J connectivity index is 1.75. The number of carbonyl (C=O) groups excluding carboxylic acids is 2. The van der Waals surface area contributed by atoms with Crippen LogP contribution >= 0.6 is 23.1 Å². The van der Waals surface area contributed by atoms with Gasteiger partial charge in [-0.2, -0.15) is 0 Å². The molecule has 3 rings (SSSR count). The van der Waals surface area contributed by atoms with Crippen LogP contribution in [0.25, 0.3) is 11.3 Å². The predicted molar refractivity (Wildman–Crippen MR) is 124 cm³/mol. The number of non-ortho nitro benzene ring substituents is 1. The Morgan fingerprint density at radius 2 is 2.15 bits per heavy atom. The molecule has 1 aromatic carbocycles. The molecule has 174 valence electrons. The molecule has 0 aliphatic heterocycles. The van der Waals surface area contributed by atoms with E-state index >= 15 is 0 Å². The second-order valence-corrected chi connectivity index (χ2v) is 8.36. The number of esters is 1. The van der Waals surface area contributed by atoms with Gasteiger partial charge in [-0.1, -0.05) is 30.8 Å². The Labute approximate surface area is 196 Å². The third-order valence-corrected chi connectivity index (χ3v) is 6.08. The molecular formula is C19H21N7O5S2. The van der Waals surface area contributed by atoms with E-state index in [4.69, 9.17) is 10.5 Å². The number of nitro benzene ring substituents is 1. The van der Waals surface area contributed by atoms with Crippen LogP contribution in [0, 0.1) is 10.1 Å². The number of hydrogen-bond donors (Lipinski definition) is 2. The number of rotatable bonds is 10. The van der Waals surface area contributed by atoms with Crippen LogP contribution in [0.4, 0.5) is 16.8 Å². The average molecular weight is 492 g/mol. The first-order chi connectivity index (χ1) is 15.8. The fraction of sp³-hybridized carbons (Fsp3) is 0.316. The minimum absolute atomic E-state index is 0.00305. The fourth-order valence-corrected chi connectivity index (χ4v) is 4.43. The van der Waals surface area contributed by atoms with Gasteiger partial charge in [0.25, 0.3) is 5.69 Å². The number of amides is 1. The maximum absolute atomic E-state index is 13.0. The van der Waals surface area contributed by atoms with Crippen LogP contribution in [0.5, 0.6) is 0 Å². The summed E-state index contributed by atoms with van der Waals surface area (Å²) in [5.74, 6) is -0.755. The van der Waals surface area contributed by atoms with Gasteiger partial charge in [0.2, 0.25) is 11.9 Å². The average Bonchev–Trinajstić information content (AvgIpc) is 3.40. The number of hydrogen-bond acceptors (Lipinski definition) is 11. The number of nitrogens with zero attached hydrogens (tertiary/aromatic N) is 5. The summed E-state index contributed by atoms with van der Waals surface area (Å²) in [7, 11) is 0. The monoisotopic (exact) mass is 491 g/mol. The van der Waals surface area contributed by atoms with Gasteiger partial charge in [0.05, 0.1) is 23.0 Å². The third kappa shape index (κ3) is 5.84. The summed E-state index contributed by atoms with van der Waals surface area (Å²) >= 11 is 2.26. The van der Waals surface area contributed by atoms with Gasteiger partial charge in [-0.25, -0.2) is 4.98 Å². The molecule has 0 aliphatic carbocycles. The molecule has 0 saturated carbocycles. The van der Waals surface area contributed by atoms with Gasteiger partial charge in [0, 0.05) is 23.1 Å². The van der Waals surface area contributed by atoms with E-state index in [1.54, 1.807) is 31.4 Å². The molecule has 0 aliphatic rings. The highest BCUT2D eigenvalue weighted by molar-refractivity contribution is 7.99. The molecule has 1 amide bonds. The van der Waals surface area contributed by atoms with Crippen LogP contribution in [0.2, 0.25) is 0 Å². The zero-order valence-electron chi connectivity index (χ0n) is 17.8. The Bertz CT molecular complexity index is 1160. The minimum atomic E-state index is -0.741. The van der Waals surface area contributed by atoms with Gasteiger partial charge in [-0.05, 0) is 13.3 Å². The van der Waals surface area contributed by atoms with E-state index in [1.807, 2.05) is 0 Å². The number of anilines is 2. The smallest absolute Gasteiger partial charge is 0.316 e. The van der Waals surface area contributed by atoms with Crippen molar-refractivity contribution in [2.75, 3.05) is 23.4 Å². The standard InChI is InChI=1S/C19H21N7O5S2/c1-3-14(25-17(20)23-24-19(25)33-10-15(27)31-4-2)16(28)22-18-21-13(9-32-18)11-6-5-7-12(8-11)26(29)30/h5-9,14H,3-4,10H2,1-2H3,(H2,20,23)(H,21,22,28). The molecule has 1 unspecified atom stereocenters. The maximum Gasteiger partial charge on any atom is 0.316 e. The molecule has 3 aromatic rings. The lowest BCUT2D eigenvalue weighted by Gasteiger charge is -2.18. The summed E-state index contributed by atoms with van der Waals surface area (Å²) in [6, 6.07) is 5.34. The lowest BCUT2D eigenvalue weighted by molar-refractivity contribution is -0.384. The maximum atomic E-state index is 13.0. The molecule has 0 fully saturated rings. The van der Waals surface area contributed by atoms with Crippen LogP contribution in [0.15, 0.2) is 34.8 Å². The van der Waals surface area contributed by atoms with Gasteiger partial charge >= 0.3 is 5.97 Å². The largest absolute Gasteiger partial charge is 0.465 e. The molecule has 1 atom stereocenters. The Kier molecular flexibility index (Phi) is 7.95. The Morgan fingerprint density at radius 1 is 1.36 bits per heavy atom. The van der Waals surface area contributed by atoms with E-state index in [0.29, 0.717) is 28.0 Å². The zero-order chi connectivity index (χ0) is 24.0. The normalized spacial score (nSPS) is 11.7. The van der Waals surface area contributed by atoms with Gasteiger partial charge in [-0.15, -0.1) is 21.5 Å². The predicted octanol–water partition coefficient (Wildman–Crippen LogP) is 3.14. The SMILES string of the molecule is CCOC(=O)CSc1nnc(N)n1C(CC)C(=O)Nc1nc(-c2cccc([N+](=O)[O-])c2)cs1. The summed E-state index contributed by atoms with van der Waals surface area (Å²) in [6.45, 7) is 3.78. The molecule has 12 nitrogen and oxygen atoms in total. The van der Waals surface area contributed by atoms with Gasteiger partial charge in [-0.3, -0.25) is 24.3 Å². The van der Waals surface area contributed by atoms with Gasteiger partial charge < -0.3 is 15.8 Å². The number of carbonyl (C=O) groups is 2. The highest BCUT2D eigenvalue weighted by Crippen LogP contribution is 2.30. The van der Waals surface area contributed by atoms with Gasteiger partial charge in [0.1, 0.15) is 6.04 Å². The lowest BCUT2D eigenvalue weighted by atomic mass is 10.1. The number of nitrogens with two attached hydrogens (primary N) is 1. The topological polar surface area (TPSA) is 168 Å². The second-order valence-electron chi connectivity index (χ2n) is 6.56. The van der Waals surface area contributed by atoms with Crippen LogP contribution in [-0.4, -0.2) is 48.9 Å². The zero-order valence-corrected chi connectivity index (χ0v) is 19.4. The highest BCUT2D eigenvalue weighted by atomic mass is 32.2. The van der Waals surface area contributed by atoms with Crippen LogP contribution in [0.3, 0.4) is 0 Å². The molecule has 33 heavy (non-hydrogen) atoms. The molecule has 3 N–H and O–H groups in total. The highest BCUT2D eigenvalue weighted by Gasteiger charge is 2.26. The molecule has 14 heteroatoms. The first-order valence-corrected chi connectivity index (χ1v) is 11.7. The van der Waals surface area contributed by atoms with Crippen molar-refractivity contribution in [3.05, 3.63) is 39.8 Å². The van der Waals surface area contributed by atoms with Crippen LogP contribution < -0.4 is 11.1 Å². The summed E-state index contributed by atoms with van der Waals surface area (Å²) in [6.07, 6.45) is 0.379. The van der Waals surface area contributed by atoms with E-state index in [0.717, 1.165) is 11.8 Å². The van der Waals surface area contributed by atoms with Crippen molar-refractivity contribution in [3.8, 4) is 11.3 Å². The minimum Gasteiger partial charge on any atom is -0.465 e. The summed E-state index contributed by atoms with van der Waals surface area (Å²) in [5, 5.41) is 23.9. The van der Waals surface area contributed by atoms with E-state index < -0.39 is 16.9 Å². The molecule has 0 bridgehead atoms. The number of nitro groups is 1. The fourth-order valence-electron chi connectivity index (χ4n) is 2.92. The van der Waals surface area contributed by atoms with Crippen molar-refractivity contribution in [1.29, 1.82) is 0 Å². The molecule has 0 saturated heterocycles. The van der Waals surface area contributed by atoms with E-state index in [-0.39, 0.29) is 29.9 Å². The summed E-state index contributed by atoms with van der Waals surface area (Å²) in [4.78, 5) is 39.6. The van der Waals surface area contributed by atoms with E-state index in [2.05, 4.69) is 20.5 Å². The summed E-state index contributed by atoms with van der Waals surface area (Å²) in [5.41, 5.74) is 6.96. The number of nitrogen functional groups attached to an aromatic ring is 1. The first-order valence-electron chi connectivity index (χ1n) is 9.84. The second kappa shape index (κ2) is 10.9. The van der Waals surface area contributed by atoms with Gasteiger partial charge in [0.15, 0.2) is 10.3 Å². The van der Waals surface area contributed by atoms with Crippen molar-refractivity contribution < 1.29 is 19.2 Å². The molecule has 0 spiro atoms. The Hall–Kier alpha value is -3.52.